The molecule has 1 aliphatic rings. The van der Waals surface area contributed by atoms with Crippen molar-refractivity contribution in [3.63, 3.8) is 0 Å². The van der Waals surface area contributed by atoms with Gasteiger partial charge in [0.25, 0.3) is 17.2 Å². The number of anilines is 1. The molecule has 2 N–H and O–H groups in total. The van der Waals surface area contributed by atoms with Crippen LogP contribution >= 0.6 is 11.8 Å². The number of aromatic nitrogens is 2. The van der Waals surface area contributed by atoms with Gasteiger partial charge in [-0.25, -0.2) is 9.37 Å². The maximum absolute atomic E-state index is 13.9. The number of amides is 1. The zero-order valence-corrected chi connectivity index (χ0v) is 10.6. The fourth-order valence-corrected chi connectivity index (χ4v) is 2.54. The van der Waals surface area contributed by atoms with Crippen molar-refractivity contribution in [2.75, 3.05) is 5.32 Å². The molecule has 0 unspecified atom stereocenters. The number of H-pyrrole nitrogens is 1. The molecule has 8 heteroatoms. The van der Waals surface area contributed by atoms with Gasteiger partial charge in [-0.05, 0) is 23.9 Å². The summed E-state index contributed by atoms with van der Waals surface area (Å²) < 4.78 is 13.9. The quantitative estimate of drug-likeness (QED) is 0.640. The highest BCUT2D eigenvalue weighted by Crippen LogP contribution is 2.33. The number of hydrogen-bond acceptors (Lipinski definition) is 5. The van der Waals surface area contributed by atoms with Gasteiger partial charge in [0.15, 0.2) is 5.16 Å². The van der Waals surface area contributed by atoms with E-state index < -0.39 is 17.5 Å². The Labute approximate surface area is 115 Å². The first-order valence-electron chi connectivity index (χ1n) is 5.47. The number of halogens is 1. The van der Waals surface area contributed by atoms with Crippen LogP contribution in [0.3, 0.4) is 0 Å². The molecule has 0 fully saturated rings. The molecule has 0 radical (unpaired) electrons. The van der Waals surface area contributed by atoms with E-state index in [0.717, 1.165) is 17.8 Å². The lowest BCUT2D eigenvalue weighted by atomic mass is 10.1. The Morgan fingerprint density at radius 2 is 2.00 bits per heavy atom. The number of rotatable bonds is 2. The zero-order chi connectivity index (χ0) is 14.3. The van der Waals surface area contributed by atoms with Crippen LogP contribution < -0.4 is 10.9 Å². The van der Waals surface area contributed by atoms with Gasteiger partial charge in [0, 0.05) is 12.3 Å². The minimum absolute atomic E-state index is 0.00589. The standard InChI is InChI=1S/C12H6FN3O3S/c13-6-3-5-7(15-11(19)10(5)18)4-8(6)20-12-14-2-1-9(17)16-12/h1-4H,(H,14,16,17)(H,15,18,19). The molecule has 0 saturated carbocycles. The lowest BCUT2D eigenvalue weighted by molar-refractivity contribution is -0.112. The van der Waals surface area contributed by atoms with Crippen molar-refractivity contribution in [1.29, 1.82) is 0 Å². The molecule has 1 aliphatic heterocycles. The number of hydrogen-bond donors (Lipinski definition) is 2. The van der Waals surface area contributed by atoms with Crippen LogP contribution in [0.1, 0.15) is 10.4 Å². The van der Waals surface area contributed by atoms with E-state index in [1.54, 1.807) is 0 Å². The number of carbonyl (C=O) groups excluding carboxylic acids is 2. The van der Waals surface area contributed by atoms with Crippen LogP contribution in [0.2, 0.25) is 0 Å². The van der Waals surface area contributed by atoms with Gasteiger partial charge in [-0.2, -0.15) is 0 Å². The third kappa shape index (κ3) is 2.10. The van der Waals surface area contributed by atoms with Crippen molar-refractivity contribution in [1.82, 2.24) is 9.97 Å². The number of carbonyl (C=O) groups is 2. The molecular formula is C12H6FN3O3S. The summed E-state index contributed by atoms with van der Waals surface area (Å²) in [4.78, 5) is 40.2. The second-order valence-electron chi connectivity index (χ2n) is 3.95. The summed E-state index contributed by atoms with van der Waals surface area (Å²) in [7, 11) is 0. The van der Waals surface area contributed by atoms with E-state index in [-0.39, 0.29) is 26.9 Å². The maximum atomic E-state index is 13.9. The molecule has 1 aromatic heterocycles. The van der Waals surface area contributed by atoms with Crippen LogP contribution in [0.25, 0.3) is 0 Å². The first-order chi connectivity index (χ1) is 9.54. The van der Waals surface area contributed by atoms with Gasteiger partial charge in [-0.15, -0.1) is 0 Å². The fourth-order valence-electron chi connectivity index (χ4n) is 1.73. The number of aromatic amines is 1. The predicted octanol–water partition coefficient (Wildman–Crippen LogP) is 1.20. The number of fused-ring (bicyclic) bond motifs is 1. The molecule has 0 bridgehead atoms. The molecule has 0 saturated heterocycles. The Kier molecular flexibility index (Phi) is 2.87. The van der Waals surface area contributed by atoms with Gasteiger partial charge < -0.3 is 10.3 Å². The summed E-state index contributed by atoms with van der Waals surface area (Å²) in [5, 5.41) is 2.57. The average Bonchev–Trinajstić information content (AvgIpc) is 2.66. The van der Waals surface area contributed by atoms with Crippen LogP contribution in [-0.2, 0) is 4.79 Å². The largest absolute Gasteiger partial charge is 0.318 e. The molecule has 100 valence electrons. The number of Topliss-reactive ketones (excluding diaryl/α,β-unsaturated/α-hetero) is 1. The van der Waals surface area contributed by atoms with Crippen LogP contribution in [0.4, 0.5) is 10.1 Å². The van der Waals surface area contributed by atoms with Gasteiger partial charge in [-0.3, -0.25) is 14.4 Å². The van der Waals surface area contributed by atoms with Crippen molar-refractivity contribution in [3.05, 3.63) is 46.1 Å². The maximum Gasteiger partial charge on any atom is 0.296 e. The first-order valence-corrected chi connectivity index (χ1v) is 6.28. The van der Waals surface area contributed by atoms with Crippen molar-refractivity contribution < 1.29 is 14.0 Å². The molecule has 0 aliphatic carbocycles. The average molecular weight is 291 g/mol. The van der Waals surface area contributed by atoms with Crippen molar-refractivity contribution in [2.45, 2.75) is 10.1 Å². The Balaban J connectivity index is 2.00. The lowest BCUT2D eigenvalue weighted by Crippen LogP contribution is -2.12. The highest BCUT2D eigenvalue weighted by molar-refractivity contribution is 7.99. The van der Waals surface area contributed by atoms with E-state index in [1.807, 2.05) is 0 Å². The van der Waals surface area contributed by atoms with Crippen LogP contribution in [-0.4, -0.2) is 21.7 Å². The zero-order valence-electron chi connectivity index (χ0n) is 9.77. The third-order valence-electron chi connectivity index (χ3n) is 2.63. The Morgan fingerprint density at radius 1 is 1.20 bits per heavy atom. The van der Waals surface area contributed by atoms with E-state index >= 15 is 0 Å². The number of nitrogens with zero attached hydrogens (tertiary/aromatic N) is 1. The van der Waals surface area contributed by atoms with E-state index in [2.05, 4.69) is 15.3 Å². The molecule has 2 heterocycles. The molecule has 20 heavy (non-hydrogen) atoms. The monoisotopic (exact) mass is 291 g/mol. The minimum Gasteiger partial charge on any atom is -0.318 e. The Hall–Kier alpha value is -2.48. The lowest BCUT2D eigenvalue weighted by Gasteiger charge is -2.04. The van der Waals surface area contributed by atoms with Crippen molar-refractivity contribution in [3.8, 4) is 0 Å². The van der Waals surface area contributed by atoms with Gasteiger partial charge in [0.05, 0.1) is 16.1 Å². The summed E-state index contributed by atoms with van der Waals surface area (Å²) in [5.74, 6) is -2.21. The summed E-state index contributed by atoms with van der Waals surface area (Å²) >= 11 is 0.893. The molecule has 3 rings (SSSR count). The molecule has 0 atom stereocenters. The second kappa shape index (κ2) is 4.57. The van der Waals surface area contributed by atoms with Crippen LogP contribution in [0, 0.1) is 5.82 Å². The molecule has 1 aromatic carbocycles. The molecule has 6 nitrogen and oxygen atoms in total. The highest BCUT2D eigenvalue weighted by Gasteiger charge is 2.29. The number of ketones is 1. The summed E-state index contributed by atoms with van der Waals surface area (Å²) in [6, 6.07) is 3.58. The molecule has 2 aromatic rings. The fraction of sp³-hybridized carbons (Fsp3) is 0. The van der Waals surface area contributed by atoms with E-state index in [4.69, 9.17) is 0 Å². The van der Waals surface area contributed by atoms with Gasteiger partial charge in [-0.1, -0.05) is 0 Å². The normalized spacial score (nSPS) is 13.2. The van der Waals surface area contributed by atoms with Crippen molar-refractivity contribution >= 4 is 29.1 Å². The Morgan fingerprint density at radius 3 is 2.75 bits per heavy atom. The topological polar surface area (TPSA) is 91.9 Å². The molecule has 0 spiro atoms. The van der Waals surface area contributed by atoms with Gasteiger partial charge in [0.2, 0.25) is 0 Å². The molecular weight excluding hydrogens is 285 g/mol. The van der Waals surface area contributed by atoms with Crippen LogP contribution in [0.15, 0.2) is 39.2 Å². The first kappa shape index (κ1) is 12.5. The number of nitrogens with one attached hydrogen (secondary N) is 2. The smallest absolute Gasteiger partial charge is 0.296 e. The van der Waals surface area contributed by atoms with Crippen molar-refractivity contribution in [2.24, 2.45) is 0 Å². The second-order valence-corrected chi connectivity index (χ2v) is 4.98. The highest BCUT2D eigenvalue weighted by atomic mass is 32.2. The Bertz CT molecular complexity index is 803. The predicted molar refractivity (Wildman–Crippen MR) is 68.3 cm³/mol. The SMILES string of the molecule is O=C1Nc2cc(Sc3nccc(=O)[nH]3)c(F)cc2C1=O. The van der Waals surface area contributed by atoms with Gasteiger partial charge in [0.1, 0.15) is 5.82 Å². The van der Waals surface area contributed by atoms with E-state index in [9.17, 15) is 18.8 Å². The van der Waals surface area contributed by atoms with E-state index in [1.165, 1.54) is 18.3 Å². The summed E-state index contributed by atoms with van der Waals surface area (Å²) in [5.41, 5.74) is -0.0962. The number of benzene rings is 1. The third-order valence-corrected chi connectivity index (χ3v) is 3.56. The minimum atomic E-state index is -0.784. The molecule has 1 amide bonds. The van der Waals surface area contributed by atoms with Gasteiger partial charge >= 0.3 is 0 Å². The summed E-state index contributed by atoms with van der Waals surface area (Å²) in [6.07, 6.45) is 1.30. The van der Waals surface area contributed by atoms with E-state index in [0.29, 0.717) is 0 Å². The summed E-state index contributed by atoms with van der Waals surface area (Å²) in [6.45, 7) is 0. The van der Waals surface area contributed by atoms with Crippen LogP contribution in [0.5, 0.6) is 0 Å².